The van der Waals surface area contributed by atoms with Crippen LogP contribution in [-0.2, 0) is 17.8 Å². The van der Waals surface area contributed by atoms with E-state index in [9.17, 15) is 5.26 Å². The molecule has 6 heteroatoms. The summed E-state index contributed by atoms with van der Waals surface area (Å²) in [6, 6.07) is 5.54. The van der Waals surface area contributed by atoms with Gasteiger partial charge in [0.2, 0.25) is 0 Å². The summed E-state index contributed by atoms with van der Waals surface area (Å²) in [5.74, 6) is 0.875. The first-order valence-corrected chi connectivity index (χ1v) is 9.39. The second-order valence-corrected chi connectivity index (χ2v) is 7.60. The lowest BCUT2D eigenvalue weighted by molar-refractivity contribution is 0.0675. The van der Waals surface area contributed by atoms with Crippen molar-refractivity contribution in [1.29, 1.82) is 5.26 Å². The van der Waals surface area contributed by atoms with Gasteiger partial charge in [0, 0.05) is 63.3 Å². The zero-order valence-corrected chi connectivity index (χ0v) is 15.2. The number of anilines is 1. The van der Waals surface area contributed by atoms with Crippen LogP contribution in [0.25, 0.3) is 0 Å². The molecule has 0 radical (unpaired) electrons. The SMILES string of the molecule is CC(C)N1CCN(C2CN(c3nc4c(cc3C#N)COCC4)C2)CC1. The lowest BCUT2D eigenvalue weighted by Gasteiger charge is -2.49. The van der Waals surface area contributed by atoms with E-state index in [2.05, 4.69) is 34.6 Å². The van der Waals surface area contributed by atoms with Crippen LogP contribution in [0.1, 0.15) is 30.7 Å². The molecule has 2 fully saturated rings. The zero-order chi connectivity index (χ0) is 17.4. The van der Waals surface area contributed by atoms with Crippen LogP contribution in [-0.4, -0.2) is 72.7 Å². The number of hydrogen-bond acceptors (Lipinski definition) is 6. The maximum absolute atomic E-state index is 9.51. The van der Waals surface area contributed by atoms with Crippen LogP contribution in [0.3, 0.4) is 0 Å². The van der Waals surface area contributed by atoms with E-state index >= 15 is 0 Å². The summed E-state index contributed by atoms with van der Waals surface area (Å²) in [7, 11) is 0. The molecule has 0 atom stereocenters. The number of ether oxygens (including phenoxy) is 1. The molecule has 0 unspecified atom stereocenters. The Morgan fingerprint density at radius 2 is 2.00 bits per heavy atom. The average molecular weight is 341 g/mol. The van der Waals surface area contributed by atoms with Gasteiger partial charge < -0.3 is 9.64 Å². The minimum absolute atomic E-state index is 0.583. The van der Waals surface area contributed by atoms with Crippen molar-refractivity contribution >= 4 is 5.82 Å². The summed E-state index contributed by atoms with van der Waals surface area (Å²) in [4.78, 5) is 12.2. The second-order valence-electron chi connectivity index (χ2n) is 7.60. The molecule has 3 aliphatic rings. The first-order valence-electron chi connectivity index (χ1n) is 9.39. The minimum Gasteiger partial charge on any atom is -0.376 e. The van der Waals surface area contributed by atoms with Gasteiger partial charge in [-0.15, -0.1) is 0 Å². The van der Waals surface area contributed by atoms with Crippen molar-refractivity contribution < 1.29 is 4.74 Å². The molecule has 4 rings (SSSR count). The van der Waals surface area contributed by atoms with Gasteiger partial charge in [0.25, 0.3) is 0 Å². The van der Waals surface area contributed by atoms with Gasteiger partial charge in [-0.1, -0.05) is 0 Å². The van der Waals surface area contributed by atoms with Crippen LogP contribution in [0.15, 0.2) is 6.07 Å². The quantitative estimate of drug-likeness (QED) is 0.825. The smallest absolute Gasteiger partial charge is 0.146 e. The minimum atomic E-state index is 0.583. The van der Waals surface area contributed by atoms with Crippen LogP contribution < -0.4 is 4.90 Å². The molecule has 6 nitrogen and oxygen atoms in total. The number of aromatic nitrogens is 1. The van der Waals surface area contributed by atoms with Gasteiger partial charge in [-0.25, -0.2) is 4.98 Å². The highest BCUT2D eigenvalue weighted by atomic mass is 16.5. The van der Waals surface area contributed by atoms with E-state index in [1.807, 2.05) is 6.07 Å². The molecule has 4 heterocycles. The number of hydrogen-bond donors (Lipinski definition) is 0. The fourth-order valence-corrected chi connectivity index (χ4v) is 4.08. The van der Waals surface area contributed by atoms with E-state index in [1.165, 1.54) is 0 Å². The molecule has 0 aliphatic carbocycles. The van der Waals surface area contributed by atoms with E-state index in [-0.39, 0.29) is 0 Å². The van der Waals surface area contributed by atoms with Crippen molar-refractivity contribution in [3.05, 3.63) is 22.9 Å². The highest BCUT2D eigenvalue weighted by Gasteiger charge is 2.35. The number of nitrogens with zero attached hydrogens (tertiary/aromatic N) is 5. The van der Waals surface area contributed by atoms with Gasteiger partial charge in [-0.2, -0.15) is 5.26 Å². The van der Waals surface area contributed by atoms with Gasteiger partial charge in [0.1, 0.15) is 11.9 Å². The normalized spacial score (nSPS) is 22.6. The fourth-order valence-electron chi connectivity index (χ4n) is 4.08. The van der Waals surface area contributed by atoms with Crippen LogP contribution in [0, 0.1) is 11.3 Å². The molecule has 134 valence electrons. The van der Waals surface area contributed by atoms with Crippen molar-refractivity contribution in [2.24, 2.45) is 0 Å². The number of pyridine rings is 1. The maximum atomic E-state index is 9.51. The number of piperazine rings is 1. The molecule has 25 heavy (non-hydrogen) atoms. The fraction of sp³-hybridized carbons (Fsp3) is 0.684. The Bertz CT molecular complexity index is 669. The molecule has 0 saturated carbocycles. The van der Waals surface area contributed by atoms with Gasteiger partial charge in [-0.05, 0) is 19.9 Å². The lowest BCUT2D eigenvalue weighted by atomic mass is 10.0. The van der Waals surface area contributed by atoms with Crippen LogP contribution >= 0.6 is 0 Å². The lowest BCUT2D eigenvalue weighted by Crippen LogP contribution is -2.64. The molecule has 3 aliphatic heterocycles. The standard InChI is InChI=1S/C19H27N5O/c1-14(2)22-4-6-23(7-5-22)17-11-24(12-17)19-15(10-20)9-16-13-25-8-3-18(16)21-19/h9,14,17H,3-8,11-13H2,1-2H3. The Balaban J connectivity index is 1.40. The Hall–Kier alpha value is -1.68. The summed E-state index contributed by atoms with van der Waals surface area (Å²) in [6.45, 7) is 12.5. The Morgan fingerprint density at radius 3 is 2.68 bits per heavy atom. The van der Waals surface area contributed by atoms with Gasteiger partial charge in [0.15, 0.2) is 0 Å². The first kappa shape index (κ1) is 16.8. The average Bonchev–Trinajstić information content (AvgIpc) is 2.60. The van der Waals surface area contributed by atoms with Crippen LogP contribution in [0.5, 0.6) is 0 Å². The van der Waals surface area contributed by atoms with E-state index in [4.69, 9.17) is 9.72 Å². The van der Waals surface area contributed by atoms with E-state index in [0.717, 1.165) is 69.4 Å². The maximum Gasteiger partial charge on any atom is 0.146 e. The molecular weight excluding hydrogens is 314 g/mol. The predicted octanol–water partition coefficient (Wildman–Crippen LogP) is 1.24. The highest BCUT2D eigenvalue weighted by Crippen LogP contribution is 2.29. The molecular formula is C19H27N5O. The van der Waals surface area contributed by atoms with Crippen molar-refractivity contribution in [2.45, 2.75) is 39.0 Å². The van der Waals surface area contributed by atoms with Crippen molar-refractivity contribution in [3.63, 3.8) is 0 Å². The van der Waals surface area contributed by atoms with E-state index in [0.29, 0.717) is 24.3 Å². The zero-order valence-electron chi connectivity index (χ0n) is 15.2. The van der Waals surface area contributed by atoms with Gasteiger partial charge >= 0.3 is 0 Å². The molecule has 0 aromatic carbocycles. The first-order chi connectivity index (χ1) is 12.2. The third-order valence-corrected chi connectivity index (χ3v) is 5.79. The predicted molar refractivity (Wildman–Crippen MR) is 96.6 cm³/mol. The number of fused-ring (bicyclic) bond motifs is 1. The molecule has 0 bridgehead atoms. The Morgan fingerprint density at radius 1 is 1.24 bits per heavy atom. The summed E-state index contributed by atoms with van der Waals surface area (Å²) < 4.78 is 5.48. The largest absolute Gasteiger partial charge is 0.376 e. The Labute approximate surface area is 150 Å². The topological polar surface area (TPSA) is 55.6 Å². The van der Waals surface area contributed by atoms with Crippen molar-refractivity contribution in [2.75, 3.05) is 50.8 Å². The third-order valence-electron chi connectivity index (χ3n) is 5.79. The van der Waals surface area contributed by atoms with Crippen LogP contribution in [0.4, 0.5) is 5.82 Å². The number of nitriles is 1. The summed E-state index contributed by atoms with van der Waals surface area (Å²) in [5.41, 5.74) is 2.87. The molecule has 0 amide bonds. The Kier molecular flexibility index (Phi) is 4.63. The van der Waals surface area contributed by atoms with E-state index < -0.39 is 0 Å². The van der Waals surface area contributed by atoms with Crippen molar-refractivity contribution in [3.8, 4) is 6.07 Å². The van der Waals surface area contributed by atoms with Gasteiger partial charge in [-0.3, -0.25) is 9.80 Å². The third kappa shape index (κ3) is 3.24. The molecule has 2 saturated heterocycles. The summed E-state index contributed by atoms with van der Waals surface area (Å²) in [5, 5.41) is 9.51. The number of rotatable bonds is 3. The highest BCUT2D eigenvalue weighted by molar-refractivity contribution is 5.58. The summed E-state index contributed by atoms with van der Waals surface area (Å²) in [6.07, 6.45) is 0.850. The van der Waals surface area contributed by atoms with Crippen LogP contribution in [0.2, 0.25) is 0 Å². The van der Waals surface area contributed by atoms with Crippen molar-refractivity contribution in [1.82, 2.24) is 14.8 Å². The van der Waals surface area contributed by atoms with E-state index in [1.54, 1.807) is 0 Å². The monoisotopic (exact) mass is 341 g/mol. The molecule has 0 spiro atoms. The molecule has 1 aromatic heterocycles. The summed E-state index contributed by atoms with van der Waals surface area (Å²) >= 11 is 0. The van der Waals surface area contributed by atoms with Gasteiger partial charge in [0.05, 0.1) is 24.5 Å². The molecule has 1 aromatic rings. The molecule has 0 N–H and O–H groups in total. The second kappa shape index (κ2) is 6.91.